The van der Waals surface area contributed by atoms with Gasteiger partial charge in [0.15, 0.2) is 0 Å². The number of nitrogens with zero attached hydrogens (tertiary/aromatic N) is 1. The van der Waals surface area contributed by atoms with E-state index in [2.05, 4.69) is 19.2 Å². The predicted molar refractivity (Wildman–Crippen MR) is 68.1 cm³/mol. The van der Waals surface area contributed by atoms with Crippen LogP contribution in [0.5, 0.6) is 0 Å². The highest BCUT2D eigenvalue weighted by atomic mass is 16.2. The molecule has 3 rings (SSSR count). The summed E-state index contributed by atoms with van der Waals surface area (Å²) in [5, 5.41) is 3.49. The van der Waals surface area contributed by atoms with Crippen molar-refractivity contribution in [2.75, 3.05) is 11.9 Å². The zero-order valence-corrected chi connectivity index (χ0v) is 10.3. The van der Waals surface area contributed by atoms with Crippen molar-refractivity contribution >= 4 is 11.6 Å². The number of carbonyl (C=O) groups excluding carboxylic acids is 1. The van der Waals surface area contributed by atoms with Gasteiger partial charge in [-0.3, -0.25) is 4.79 Å². The fraction of sp³-hybridized carbons (Fsp3) is 0.500. The van der Waals surface area contributed by atoms with Gasteiger partial charge in [-0.1, -0.05) is 19.1 Å². The van der Waals surface area contributed by atoms with Crippen LogP contribution in [-0.4, -0.2) is 29.4 Å². The summed E-state index contributed by atoms with van der Waals surface area (Å²) in [7, 11) is 0. The molecule has 0 saturated carbocycles. The van der Waals surface area contributed by atoms with Crippen LogP contribution >= 0.6 is 0 Å². The number of carbonyl (C=O) groups is 1. The molecule has 0 aliphatic carbocycles. The molecular weight excluding hydrogens is 212 g/mol. The van der Waals surface area contributed by atoms with Gasteiger partial charge in [-0.2, -0.15) is 0 Å². The fourth-order valence-corrected chi connectivity index (χ4v) is 3.25. The minimum Gasteiger partial charge on any atom is -0.380 e. The molecule has 1 amide bonds. The van der Waals surface area contributed by atoms with Crippen LogP contribution in [-0.2, 0) is 0 Å². The minimum atomic E-state index is 0.187. The second kappa shape index (κ2) is 3.76. The molecule has 3 nitrogen and oxygen atoms in total. The standard InChI is InChI=1S/C14H18N2O/c1-9-7-8-16-13(9)10(2)15-12-6-4-3-5-11(12)14(16)17/h3-6,9-10,13,15H,7-8H2,1-2H3/t9?,10?,13-/m0/s1. The van der Waals surface area contributed by atoms with Crippen molar-refractivity contribution in [3.63, 3.8) is 0 Å². The van der Waals surface area contributed by atoms with E-state index in [1.807, 2.05) is 29.2 Å². The molecule has 1 N–H and O–H groups in total. The molecule has 1 saturated heterocycles. The lowest BCUT2D eigenvalue weighted by molar-refractivity contribution is 0.0718. The Kier molecular flexibility index (Phi) is 2.35. The van der Waals surface area contributed by atoms with Gasteiger partial charge in [-0.05, 0) is 31.4 Å². The summed E-state index contributed by atoms with van der Waals surface area (Å²) in [4.78, 5) is 14.5. The Hall–Kier alpha value is -1.51. The average molecular weight is 230 g/mol. The summed E-state index contributed by atoms with van der Waals surface area (Å²) >= 11 is 0. The van der Waals surface area contributed by atoms with Crippen LogP contribution in [0, 0.1) is 5.92 Å². The molecule has 2 aliphatic rings. The van der Waals surface area contributed by atoms with Crippen LogP contribution in [0.15, 0.2) is 24.3 Å². The summed E-state index contributed by atoms with van der Waals surface area (Å²) in [5.41, 5.74) is 1.79. The van der Waals surface area contributed by atoms with E-state index in [0.717, 1.165) is 24.2 Å². The average Bonchev–Trinajstić information content (AvgIpc) is 2.66. The fourth-order valence-electron chi connectivity index (χ4n) is 3.25. The second-order valence-corrected chi connectivity index (χ2v) is 5.23. The first kappa shape index (κ1) is 10.6. The zero-order chi connectivity index (χ0) is 12.0. The SMILES string of the molecule is CC1CCN2C(=O)c3ccccc3NC(C)[C@H]12. The number of para-hydroxylation sites is 1. The largest absolute Gasteiger partial charge is 0.380 e. The molecule has 2 unspecified atom stereocenters. The lowest BCUT2D eigenvalue weighted by atomic mass is 9.97. The maximum atomic E-state index is 12.5. The Balaban J connectivity index is 2.07. The third-order valence-electron chi connectivity index (χ3n) is 4.08. The molecule has 1 aromatic rings. The van der Waals surface area contributed by atoms with Crippen LogP contribution in [0.3, 0.4) is 0 Å². The van der Waals surface area contributed by atoms with Gasteiger partial charge in [0.1, 0.15) is 0 Å². The molecular formula is C14H18N2O. The molecule has 0 radical (unpaired) electrons. The smallest absolute Gasteiger partial charge is 0.256 e. The van der Waals surface area contributed by atoms with Gasteiger partial charge < -0.3 is 10.2 Å². The van der Waals surface area contributed by atoms with Crippen molar-refractivity contribution in [2.45, 2.75) is 32.4 Å². The third-order valence-corrected chi connectivity index (χ3v) is 4.08. The molecule has 0 spiro atoms. The van der Waals surface area contributed by atoms with E-state index in [0.29, 0.717) is 18.0 Å². The molecule has 2 heterocycles. The van der Waals surface area contributed by atoms with Crippen molar-refractivity contribution in [3.8, 4) is 0 Å². The summed E-state index contributed by atoms with van der Waals surface area (Å²) in [6.07, 6.45) is 1.12. The molecule has 1 aromatic carbocycles. The first-order valence-electron chi connectivity index (χ1n) is 6.35. The van der Waals surface area contributed by atoms with Gasteiger partial charge in [-0.25, -0.2) is 0 Å². The topological polar surface area (TPSA) is 32.3 Å². The number of anilines is 1. The maximum absolute atomic E-state index is 12.5. The molecule has 17 heavy (non-hydrogen) atoms. The number of rotatable bonds is 0. The summed E-state index contributed by atoms with van der Waals surface area (Å²) in [5.74, 6) is 0.766. The number of nitrogens with one attached hydrogen (secondary N) is 1. The van der Waals surface area contributed by atoms with E-state index in [4.69, 9.17) is 0 Å². The van der Waals surface area contributed by atoms with Crippen molar-refractivity contribution in [2.24, 2.45) is 5.92 Å². The van der Waals surface area contributed by atoms with E-state index in [1.54, 1.807) is 0 Å². The van der Waals surface area contributed by atoms with Crippen LogP contribution in [0.2, 0.25) is 0 Å². The van der Waals surface area contributed by atoms with E-state index in [-0.39, 0.29) is 5.91 Å². The molecule has 3 atom stereocenters. The van der Waals surface area contributed by atoms with Crippen molar-refractivity contribution < 1.29 is 4.79 Å². The number of hydrogen-bond acceptors (Lipinski definition) is 2. The molecule has 90 valence electrons. The monoisotopic (exact) mass is 230 g/mol. The van der Waals surface area contributed by atoms with Crippen LogP contribution in [0.1, 0.15) is 30.6 Å². The van der Waals surface area contributed by atoms with Crippen LogP contribution in [0.4, 0.5) is 5.69 Å². The Morgan fingerprint density at radius 2 is 2.06 bits per heavy atom. The first-order valence-corrected chi connectivity index (χ1v) is 6.35. The molecule has 0 bridgehead atoms. The quantitative estimate of drug-likeness (QED) is 0.742. The molecule has 0 aromatic heterocycles. The van der Waals surface area contributed by atoms with Gasteiger partial charge in [-0.15, -0.1) is 0 Å². The van der Waals surface area contributed by atoms with Gasteiger partial charge in [0.25, 0.3) is 5.91 Å². The number of amides is 1. The van der Waals surface area contributed by atoms with E-state index in [1.165, 1.54) is 0 Å². The Morgan fingerprint density at radius 1 is 1.29 bits per heavy atom. The van der Waals surface area contributed by atoms with Crippen molar-refractivity contribution in [1.82, 2.24) is 4.90 Å². The first-order chi connectivity index (χ1) is 8.18. The summed E-state index contributed by atoms with van der Waals surface area (Å²) < 4.78 is 0. The Labute approximate surface area is 102 Å². The van der Waals surface area contributed by atoms with E-state index in [9.17, 15) is 4.79 Å². The lowest BCUT2D eigenvalue weighted by Gasteiger charge is -2.29. The van der Waals surface area contributed by atoms with Gasteiger partial charge in [0.05, 0.1) is 11.6 Å². The predicted octanol–water partition coefficient (Wildman–Crippen LogP) is 2.35. The zero-order valence-electron chi connectivity index (χ0n) is 10.3. The third kappa shape index (κ3) is 1.53. The summed E-state index contributed by atoms with van der Waals surface area (Å²) in [6, 6.07) is 8.48. The van der Waals surface area contributed by atoms with Crippen LogP contribution < -0.4 is 5.32 Å². The minimum absolute atomic E-state index is 0.187. The normalized spacial score (nSPS) is 31.5. The maximum Gasteiger partial charge on any atom is 0.256 e. The van der Waals surface area contributed by atoms with Crippen LogP contribution in [0.25, 0.3) is 0 Å². The highest BCUT2D eigenvalue weighted by Gasteiger charge is 2.40. The molecule has 3 heteroatoms. The lowest BCUT2D eigenvalue weighted by Crippen LogP contribution is -2.44. The number of fused-ring (bicyclic) bond motifs is 2. The van der Waals surface area contributed by atoms with Crippen molar-refractivity contribution in [1.29, 1.82) is 0 Å². The Morgan fingerprint density at radius 3 is 2.88 bits per heavy atom. The van der Waals surface area contributed by atoms with Gasteiger partial charge in [0.2, 0.25) is 0 Å². The van der Waals surface area contributed by atoms with Gasteiger partial charge in [0, 0.05) is 18.3 Å². The number of benzene rings is 1. The summed E-state index contributed by atoms with van der Waals surface area (Å²) in [6.45, 7) is 5.31. The molecule has 1 fully saturated rings. The van der Waals surface area contributed by atoms with E-state index < -0.39 is 0 Å². The number of hydrogen-bond donors (Lipinski definition) is 1. The highest BCUT2D eigenvalue weighted by molar-refractivity contribution is 6.00. The van der Waals surface area contributed by atoms with Gasteiger partial charge >= 0.3 is 0 Å². The van der Waals surface area contributed by atoms with E-state index >= 15 is 0 Å². The molecule has 2 aliphatic heterocycles. The Bertz CT molecular complexity index is 457. The van der Waals surface area contributed by atoms with Crippen molar-refractivity contribution in [3.05, 3.63) is 29.8 Å². The highest BCUT2D eigenvalue weighted by Crippen LogP contribution is 2.33. The second-order valence-electron chi connectivity index (χ2n) is 5.23.